The van der Waals surface area contributed by atoms with Gasteiger partial charge in [0.05, 0.1) is 0 Å². The third-order valence-corrected chi connectivity index (χ3v) is 0. The fourth-order valence-electron chi connectivity index (χ4n) is 0. The van der Waals surface area contributed by atoms with Gasteiger partial charge < -0.3 is 0 Å². The van der Waals surface area contributed by atoms with Crippen LogP contribution in [-0.2, 0) is 0 Å². The Morgan fingerprint density at radius 3 is 1.40 bits per heavy atom. The van der Waals surface area contributed by atoms with Gasteiger partial charge in [0.2, 0.25) is 0 Å². The van der Waals surface area contributed by atoms with Gasteiger partial charge in [-0.25, -0.2) is 0 Å². The molecule has 5 heavy (non-hydrogen) atoms. The second-order valence-corrected chi connectivity index (χ2v) is 2.58. The van der Waals surface area contributed by atoms with Crippen LogP contribution in [0.2, 0.25) is 4.78 Å². The molecule has 0 aromatic heterocycles. The standard InChI is InChI=1S/C3H7.Al.HI/c1-3-2;;/h3H,1-2H3;;1H. The van der Waals surface area contributed by atoms with Gasteiger partial charge in [0.25, 0.3) is 0 Å². The lowest BCUT2D eigenvalue weighted by Gasteiger charge is -1.80. The van der Waals surface area contributed by atoms with E-state index in [0.29, 0.717) is 0 Å². The average Bonchev–Trinajstić information content (AvgIpc) is 0.811. The molecule has 30 valence electrons. The fourth-order valence-corrected chi connectivity index (χ4v) is 0. The average molecular weight is 198 g/mol. The predicted molar refractivity (Wildman–Crippen MR) is 36.3 cm³/mol. The van der Waals surface area contributed by atoms with E-state index in [9.17, 15) is 0 Å². The Kier molecular flexibility index (Phi) is 10.0. The van der Waals surface area contributed by atoms with Gasteiger partial charge in [-0.3, -0.25) is 0 Å². The van der Waals surface area contributed by atoms with Crippen molar-refractivity contribution in [2.24, 2.45) is 0 Å². The first-order valence-electron chi connectivity index (χ1n) is 1.49. The molecule has 0 saturated heterocycles. The zero-order chi connectivity index (χ0) is 3.58. The van der Waals surface area contributed by atoms with Crippen LogP contribution in [-0.4, -0.2) is 16.3 Å². The van der Waals surface area contributed by atoms with Crippen molar-refractivity contribution in [2.75, 3.05) is 0 Å². The Morgan fingerprint density at radius 1 is 1.40 bits per heavy atom. The highest BCUT2D eigenvalue weighted by molar-refractivity contribution is 14.0. The number of hydrogen-bond donors (Lipinski definition) is 0. The largest absolute Gasteiger partial charge is 0.122 e. The first-order chi connectivity index (χ1) is 1.73. The zero-order valence-corrected chi connectivity index (χ0v) is 7.05. The molecule has 2 heteroatoms. The molecule has 0 aliphatic carbocycles. The molecule has 0 aliphatic rings. The molecule has 0 heterocycles. The Bertz CT molecular complexity index is 11.6. The molecule has 0 aromatic rings. The van der Waals surface area contributed by atoms with E-state index in [2.05, 4.69) is 30.1 Å². The van der Waals surface area contributed by atoms with Gasteiger partial charge in [-0.05, 0) is 0 Å². The van der Waals surface area contributed by atoms with E-state index < -0.39 is 0 Å². The van der Waals surface area contributed by atoms with Gasteiger partial charge in [0.15, 0.2) is 0 Å². The topological polar surface area (TPSA) is 0 Å². The summed E-state index contributed by atoms with van der Waals surface area (Å²) in [6.07, 6.45) is 0. The van der Waals surface area contributed by atoms with Crippen LogP contribution in [0.25, 0.3) is 0 Å². The molecule has 0 atom stereocenters. The molecule has 0 bridgehead atoms. The van der Waals surface area contributed by atoms with Crippen molar-refractivity contribution in [2.45, 2.75) is 18.6 Å². The molecular weight excluding hydrogens is 190 g/mol. The van der Waals surface area contributed by atoms with Gasteiger partial charge >= 0.3 is 0 Å². The summed E-state index contributed by atoms with van der Waals surface area (Å²) in [6, 6.07) is 0. The molecule has 0 aromatic carbocycles. The first kappa shape index (κ1) is 9.55. The molecule has 0 nitrogen and oxygen atoms in total. The maximum absolute atomic E-state index is 2.66. The predicted octanol–water partition coefficient (Wildman–Crippen LogP) is 1.60. The first-order valence-corrected chi connectivity index (χ1v) is 2.15. The number of hydrogen-bond acceptors (Lipinski definition) is 0. The summed E-state index contributed by atoms with van der Waals surface area (Å²) < 4.78 is 0.750. The van der Waals surface area contributed by atoms with Gasteiger partial charge in [-0.15, -0.1) is 28.8 Å². The third kappa shape index (κ3) is 35.1. The van der Waals surface area contributed by atoms with Crippen LogP contribution in [0.4, 0.5) is 0 Å². The Hall–Kier alpha value is 1.26. The number of rotatable bonds is 0. The van der Waals surface area contributed by atoms with Gasteiger partial charge in [-0.2, -0.15) is 0 Å². The van der Waals surface area contributed by atoms with Crippen molar-refractivity contribution in [3.05, 3.63) is 0 Å². The van der Waals surface area contributed by atoms with Crippen molar-refractivity contribution >= 4 is 40.3 Å². The van der Waals surface area contributed by atoms with Crippen LogP contribution in [0.3, 0.4) is 0 Å². The molecule has 0 N–H and O–H groups in total. The highest BCUT2D eigenvalue weighted by Crippen LogP contribution is 1.84. The second-order valence-electron chi connectivity index (χ2n) is 1.24. The van der Waals surface area contributed by atoms with E-state index >= 15 is 0 Å². The summed E-state index contributed by atoms with van der Waals surface area (Å²) in [5.41, 5.74) is 0. The van der Waals surface area contributed by atoms with E-state index in [1.54, 1.807) is 0 Å². The highest BCUT2D eigenvalue weighted by Gasteiger charge is 1.68. The highest BCUT2D eigenvalue weighted by atomic mass is 127. The Balaban J connectivity index is 0. The molecule has 0 spiro atoms. The molecule has 2 radical (unpaired) electrons. The summed E-state index contributed by atoms with van der Waals surface area (Å²) >= 11 is 2.66. The molecule has 0 amide bonds. The third-order valence-electron chi connectivity index (χ3n) is 0. The number of halogens is 1. The minimum atomic E-state index is 0. The van der Waals surface area contributed by atoms with E-state index in [0.717, 1.165) is 4.78 Å². The van der Waals surface area contributed by atoms with E-state index in [1.807, 2.05) is 0 Å². The van der Waals surface area contributed by atoms with Crippen LogP contribution in [0, 0.1) is 0 Å². The SMILES string of the molecule is C[CH](C)[Al].I. The van der Waals surface area contributed by atoms with Crippen LogP contribution < -0.4 is 0 Å². The van der Waals surface area contributed by atoms with E-state index in [1.165, 1.54) is 0 Å². The zero-order valence-electron chi connectivity index (χ0n) is 3.56. The normalized spacial score (nSPS) is 7.00. The maximum Gasteiger partial charge on any atom is 0.122 e. The summed E-state index contributed by atoms with van der Waals surface area (Å²) in [7, 11) is 0. The lowest BCUT2D eigenvalue weighted by atomic mass is 10.6. The molecule has 0 rings (SSSR count). The quantitative estimate of drug-likeness (QED) is 0.409. The van der Waals surface area contributed by atoms with Gasteiger partial charge in [0.1, 0.15) is 16.3 Å². The van der Waals surface area contributed by atoms with Crippen LogP contribution in [0.15, 0.2) is 0 Å². The van der Waals surface area contributed by atoms with Crippen molar-refractivity contribution in [3.63, 3.8) is 0 Å². The Labute approximate surface area is 58.8 Å². The van der Waals surface area contributed by atoms with E-state index in [-0.39, 0.29) is 24.0 Å². The molecule has 0 aliphatic heterocycles. The molecular formula is C3H8AlI. The van der Waals surface area contributed by atoms with E-state index in [4.69, 9.17) is 0 Å². The smallest absolute Gasteiger partial charge is 0.113 e. The summed E-state index contributed by atoms with van der Waals surface area (Å²) in [5.74, 6) is 0. The lowest BCUT2D eigenvalue weighted by molar-refractivity contribution is 1.08. The van der Waals surface area contributed by atoms with Crippen molar-refractivity contribution in [3.8, 4) is 0 Å². The molecule has 0 unspecified atom stereocenters. The molecule has 0 fully saturated rings. The monoisotopic (exact) mass is 198 g/mol. The van der Waals surface area contributed by atoms with Gasteiger partial charge in [0, 0.05) is 0 Å². The van der Waals surface area contributed by atoms with Crippen molar-refractivity contribution in [1.82, 2.24) is 0 Å². The summed E-state index contributed by atoms with van der Waals surface area (Å²) in [4.78, 5) is 0. The second kappa shape index (κ2) is 5.26. The Morgan fingerprint density at radius 2 is 1.40 bits per heavy atom. The van der Waals surface area contributed by atoms with Crippen molar-refractivity contribution < 1.29 is 0 Å². The minimum Gasteiger partial charge on any atom is -0.113 e. The summed E-state index contributed by atoms with van der Waals surface area (Å²) in [5, 5.41) is 0. The fraction of sp³-hybridized carbons (Fsp3) is 1.00. The molecule has 0 saturated carbocycles. The van der Waals surface area contributed by atoms with Crippen LogP contribution in [0.1, 0.15) is 13.8 Å². The maximum atomic E-state index is 2.66. The van der Waals surface area contributed by atoms with Gasteiger partial charge in [-0.1, -0.05) is 13.8 Å². The lowest BCUT2D eigenvalue weighted by Crippen LogP contribution is -1.67. The summed E-state index contributed by atoms with van der Waals surface area (Å²) in [6.45, 7) is 4.26. The minimum absolute atomic E-state index is 0. The van der Waals surface area contributed by atoms with Crippen LogP contribution >= 0.6 is 24.0 Å². The van der Waals surface area contributed by atoms with Crippen molar-refractivity contribution in [1.29, 1.82) is 0 Å². The van der Waals surface area contributed by atoms with Crippen LogP contribution in [0.5, 0.6) is 0 Å².